The second kappa shape index (κ2) is 10.5. The summed E-state index contributed by atoms with van der Waals surface area (Å²) < 4.78 is 92.2. The van der Waals surface area contributed by atoms with Gasteiger partial charge in [-0.15, -0.1) is 0 Å². The van der Waals surface area contributed by atoms with Gasteiger partial charge in [0.05, 0.1) is 29.8 Å². The largest absolute Gasteiger partial charge is 0.416 e. The maximum absolute atomic E-state index is 13.4. The van der Waals surface area contributed by atoms with Crippen molar-refractivity contribution in [2.24, 2.45) is 0 Å². The summed E-state index contributed by atoms with van der Waals surface area (Å²) >= 11 is 0. The number of nitrogens with zero attached hydrogens (tertiary/aromatic N) is 1. The fourth-order valence-corrected chi connectivity index (χ4v) is 5.10. The van der Waals surface area contributed by atoms with Crippen LogP contribution in [-0.2, 0) is 21.8 Å². The highest BCUT2D eigenvalue weighted by Crippen LogP contribution is 2.41. The number of rotatable bonds is 5. The van der Waals surface area contributed by atoms with Crippen molar-refractivity contribution < 1.29 is 35.8 Å². The molecule has 35 heavy (non-hydrogen) atoms. The molecule has 2 aromatic carbocycles. The Bertz CT molecular complexity index is 940. The van der Waals surface area contributed by atoms with Gasteiger partial charge in [-0.3, -0.25) is 4.90 Å². The van der Waals surface area contributed by atoms with E-state index in [4.69, 9.17) is 9.47 Å². The lowest BCUT2D eigenvalue weighted by Crippen LogP contribution is -2.50. The molecule has 0 aliphatic carbocycles. The van der Waals surface area contributed by atoms with Gasteiger partial charge in [0, 0.05) is 6.04 Å². The van der Waals surface area contributed by atoms with Crippen LogP contribution in [0.3, 0.4) is 0 Å². The number of piperidine rings is 1. The van der Waals surface area contributed by atoms with Crippen molar-refractivity contribution >= 4 is 0 Å². The van der Waals surface area contributed by atoms with E-state index in [1.54, 1.807) is 0 Å². The Morgan fingerprint density at radius 2 is 1.49 bits per heavy atom. The molecule has 0 amide bonds. The SMILES string of the molecule is CC(O[C@H]1OCC[C@@H](N2CCCCC2)[C@H]1c1ccccc1)c1cc(C(F)(F)F)cc(C(F)(F)F)c1. The van der Waals surface area contributed by atoms with Gasteiger partial charge < -0.3 is 9.47 Å². The second-order valence-electron chi connectivity index (χ2n) is 9.25. The van der Waals surface area contributed by atoms with Gasteiger partial charge in [0.15, 0.2) is 6.29 Å². The van der Waals surface area contributed by atoms with Crippen LogP contribution in [0, 0.1) is 0 Å². The average Bonchev–Trinajstić information content (AvgIpc) is 2.83. The zero-order chi connectivity index (χ0) is 25.2. The third kappa shape index (κ3) is 6.19. The molecule has 0 aromatic heterocycles. The van der Waals surface area contributed by atoms with Crippen LogP contribution < -0.4 is 0 Å². The number of ether oxygens (including phenoxy) is 2. The number of benzene rings is 2. The third-order valence-corrected chi connectivity index (χ3v) is 6.87. The van der Waals surface area contributed by atoms with Crippen molar-refractivity contribution in [3.63, 3.8) is 0 Å². The average molecular weight is 502 g/mol. The lowest BCUT2D eigenvalue weighted by atomic mass is 9.85. The van der Waals surface area contributed by atoms with Crippen molar-refractivity contribution in [1.82, 2.24) is 4.90 Å². The number of alkyl halides is 6. The van der Waals surface area contributed by atoms with Gasteiger partial charge in [0.2, 0.25) is 0 Å². The Balaban J connectivity index is 1.64. The first-order valence-corrected chi connectivity index (χ1v) is 11.9. The monoisotopic (exact) mass is 501 g/mol. The van der Waals surface area contributed by atoms with Gasteiger partial charge in [-0.25, -0.2) is 0 Å². The van der Waals surface area contributed by atoms with E-state index in [1.165, 1.54) is 13.3 Å². The molecule has 0 N–H and O–H groups in total. The predicted molar refractivity (Wildman–Crippen MR) is 119 cm³/mol. The molecule has 0 bridgehead atoms. The zero-order valence-corrected chi connectivity index (χ0v) is 19.4. The van der Waals surface area contributed by atoms with Crippen molar-refractivity contribution in [1.29, 1.82) is 0 Å². The molecule has 0 spiro atoms. The minimum Gasteiger partial charge on any atom is -0.352 e. The first kappa shape index (κ1) is 26.0. The van der Waals surface area contributed by atoms with Crippen LogP contribution in [0.25, 0.3) is 0 Å². The summed E-state index contributed by atoms with van der Waals surface area (Å²) in [4.78, 5) is 2.41. The molecule has 3 nitrogen and oxygen atoms in total. The molecule has 2 aliphatic rings. The topological polar surface area (TPSA) is 21.7 Å². The van der Waals surface area contributed by atoms with E-state index in [-0.39, 0.29) is 23.6 Å². The van der Waals surface area contributed by atoms with E-state index >= 15 is 0 Å². The molecule has 9 heteroatoms. The fourth-order valence-electron chi connectivity index (χ4n) is 5.10. The summed E-state index contributed by atoms with van der Waals surface area (Å²) in [7, 11) is 0. The predicted octanol–water partition coefficient (Wildman–Crippen LogP) is 7.19. The summed E-state index contributed by atoms with van der Waals surface area (Å²) in [6, 6.07) is 11.3. The van der Waals surface area contributed by atoms with Crippen LogP contribution >= 0.6 is 0 Å². The Labute approximate surface area is 201 Å². The maximum Gasteiger partial charge on any atom is 0.416 e. The fraction of sp³-hybridized carbons (Fsp3) is 0.538. The highest BCUT2D eigenvalue weighted by atomic mass is 19.4. The van der Waals surface area contributed by atoms with E-state index in [0.29, 0.717) is 6.61 Å². The second-order valence-corrected chi connectivity index (χ2v) is 9.25. The molecule has 2 heterocycles. The Hall–Kier alpha value is -2.10. The van der Waals surface area contributed by atoms with E-state index in [0.717, 1.165) is 50.0 Å². The highest BCUT2D eigenvalue weighted by molar-refractivity contribution is 5.35. The van der Waals surface area contributed by atoms with Crippen molar-refractivity contribution in [3.8, 4) is 0 Å². The van der Waals surface area contributed by atoms with Gasteiger partial charge >= 0.3 is 12.4 Å². The van der Waals surface area contributed by atoms with E-state index in [9.17, 15) is 26.3 Å². The standard InChI is InChI=1S/C26H29F6NO2/c1-17(19-14-20(25(27,28)29)16-21(15-19)26(30,31)32)35-24-23(18-8-4-2-5-9-18)22(10-13-34-24)33-11-6-3-7-12-33/h2,4-5,8-9,14-17,22-24H,3,6-7,10-13H2,1H3/t17?,22-,23-,24-/m1/s1. The molecule has 0 radical (unpaired) electrons. The third-order valence-electron chi connectivity index (χ3n) is 6.87. The van der Waals surface area contributed by atoms with Gasteiger partial charge in [-0.2, -0.15) is 26.3 Å². The molecule has 2 fully saturated rings. The Morgan fingerprint density at radius 3 is 2.06 bits per heavy atom. The molecular formula is C26H29F6NO2. The molecule has 1 unspecified atom stereocenters. The molecule has 2 aromatic rings. The van der Waals surface area contributed by atoms with Crippen molar-refractivity contribution in [3.05, 3.63) is 70.8 Å². The summed E-state index contributed by atoms with van der Waals surface area (Å²) in [5.74, 6) is -0.224. The number of hydrogen-bond donors (Lipinski definition) is 0. The molecule has 192 valence electrons. The smallest absolute Gasteiger partial charge is 0.352 e. The Morgan fingerprint density at radius 1 is 0.886 bits per heavy atom. The first-order valence-electron chi connectivity index (χ1n) is 11.9. The molecule has 4 rings (SSSR count). The van der Waals surface area contributed by atoms with Gasteiger partial charge in [0.1, 0.15) is 0 Å². The van der Waals surface area contributed by atoms with Crippen LogP contribution in [0.5, 0.6) is 0 Å². The van der Waals surface area contributed by atoms with E-state index in [1.807, 2.05) is 30.3 Å². The summed E-state index contributed by atoms with van der Waals surface area (Å²) in [6.45, 7) is 3.75. The lowest BCUT2D eigenvalue weighted by Gasteiger charge is -2.45. The molecule has 2 saturated heterocycles. The summed E-state index contributed by atoms with van der Waals surface area (Å²) in [6.07, 6.45) is -7.56. The molecule has 0 saturated carbocycles. The molecule has 4 atom stereocenters. The van der Waals surface area contributed by atoms with Crippen LogP contribution in [0.4, 0.5) is 26.3 Å². The van der Waals surface area contributed by atoms with Crippen LogP contribution in [0.1, 0.15) is 66.9 Å². The number of hydrogen-bond acceptors (Lipinski definition) is 3. The van der Waals surface area contributed by atoms with Gasteiger partial charge in [-0.1, -0.05) is 36.8 Å². The maximum atomic E-state index is 13.4. The normalized spacial score (nSPS) is 25.4. The van der Waals surface area contributed by atoms with Crippen LogP contribution in [0.2, 0.25) is 0 Å². The van der Waals surface area contributed by atoms with Crippen molar-refractivity contribution in [2.75, 3.05) is 19.7 Å². The zero-order valence-electron chi connectivity index (χ0n) is 19.4. The minimum absolute atomic E-state index is 0.107. The lowest BCUT2D eigenvalue weighted by molar-refractivity contribution is -0.212. The van der Waals surface area contributed by atoms with Crippen LogP contribution in [0.15, 0.2) is 48.5 Å². The Kier molecular flexibility index (Phi) is 7.78. The molecule has 2 aliphatic heterocycles. The van der Waals surface area contributed by atoms with E-state index < -0.39 is 35.9 Å². The summed E-state index contributed by atoms with van der Waals surface area (Å²) in [5, 5.41) is 0. The highest BCUT2D eigenvalue weighted by Gasteiger charge is 2.41. The van der Waals surface area contributed by atoms with Gasteiger partial charge in [0.25, 0.3) is 0 Å². The number of halogens is 6. The van der Waals surface area contributed by atoms with Crippen LogP contribution in [-0.4, -0.2) is 36.9 Å². The van der Waals surface area contributed by atoms with Gasteiger partial charge in [-0.05, 0) is 68.6 Å². The number of likely N-dealkylation sites (tertiary alicyclic amines) is 1. The quantitative estimate of drug-likeness (QED) is 0.405. The molecular weight excluding hydrogens is 472 g/mol. The van der Waals surface area contributed by atoms with Crippen molar-refractivity contribution in [2.45, 2.75) is 69.3 Å². The first-order chi connectivity index (χ1) is 16.5. The minimum atomic E-state index is -4.91. The van der Waals surface area contributed by atoms with E-state index in [2.05, 4.69) is 4.90 Å². The summed E-state index contributed by atoms with van der Waals surface area (Å²) in [5.41, 5.74) is -1.93.